The van der Waals surface area contributed by atoms with Gasteiger partial charge in [0.05, 0.1) is 0 Å². The average molecular weight is 174 g/mol. The Hall–Kier alpha value is -1.97. The summed E-state index contributed by atoms with van der Waals surface area (Å²) < 4.78 is 4.98. The zero-order valence-electron chi connectivity index (χ0n) is 6.68. The highest BCUT2D eigenvalue weighted by Gasteiger charge is 2.07. The van der Waals surface area contributed by atoms with Crippen LogP contribution in [0.4, 0.5) is 0 Å². The van der Waals surface area contributed by atoms with Crippen LogP contribution in [0.15, 0.2) is 35.1 Å². The van der Waals surface area contributed by atoms with Crippen LogP contribution in [0.25, 0.3) is 11.5 Å². The van der Waals surface area contributed by atoms with E-state index in [1.807, 2.05) is 6.07 Å². The van der Waals surface area contributed by atoms with Crippen molar-refractivity contribution >= 4 is 6.29 Å². The van der Waals surface area contributed by atoms with Crippen LogP contribution in [0, 0.1) is 0 Å². The van der Waals surface area contributed by atoms with Crippen molar-refractivity contribution in [2.45, 2.75) is 0 Å². The van der Waals surface area contributed by atoms with E-state index in [-0.39, 0.29) is 0 Å². The standard InChI is InChI=1S/C9H6N2O2/c12-5-7-3-1-2-4-8(7)9-11-10-6-13-9/h1-6H. The maximum Gasteiger partial charge on any atom is 0.248 e. The molecule has 64 valence electrons. The van der Waals surface area contributed by atoms with E-state index >= 15 is 0 Å². The molecule has 1 heterocycles. The molecule has 0 atom stereocenters. The molecular formula is C9H6N2O2. The second-order valence-electron chi connectivity index (χ2n) is 2.45. The number of hydrogen-bond acceptors (Lipinski definition) is 4. The van der Waals surface area contributed by atoms with Crippen LogP contribution in [0.3, 0.4) is 0 Å². The Kier molecular flexibility index (Phi) is 1.88. The van der Waals surface area contributed by atoms with Gasteiger partial charge in [-0.05, 0) is 6.07 Å². The largest absolute Gasteiger partial charge is 0.423 e. The van der Waals surface area contributed by atoms with E-state index in [2.05, 4.69) is 10.2 Å². The smallest absolute Gasteiger partial charge is 0.248 e. The van der Waals surface area contributed by atoms with E-state index in [4.69, 9.17) is 4.42 Å². The molecule has 0 radical (unpaired) electrons. The van der Waals surface area contributed by atoms with Crippen molar-refractivity contribution in [3.05, 3.63) is 36.2 Å². The summed E-state index contributed by atoms with van der Waals surface area (Å²) in [4.78, 5) is 10.6. The van der Waals surface area contributed by atoms with Crippen LogP contribution in [-0.4, -0.2) is 16.5 Å². The fraction of sp³-hybridized carbons (Fsp3) is 0. The molecule has 1 aromatic carbocycles. The number of aldehydes is 1. The van der Waals surface area contributed by atoms with Crippen LogP contribution in [0.5, 0.6) is 0 Å². The first kappa shape index (κ1) is 7.67. The highest BCUT2D eigenvalue weighted by molar-refractivity contribution is 5.85. The first-order valence-corrected chi connectivity index (χ1v) is 3.72. The van der Waals surface area contributed by atoms with Gasteiger partial charge in [0.15, 0.2) is 6.29 Å². The lowest BCUT2D eigenvalue weighted by molar-refractivity contribution is 0.112. The molecule has 0 saturated carbocycles. The molecule has 0 unspecified atom stereocenters. The van der Waals surface area contributed by atoms with Crippen LogP contribution in [0.1, 0.15) is 10.4 Å². The van der Waals surface area contributed by atoms with Gasteiger partial charge in [-0.2, -0.15) is 0 Å². The summed E-state index contributed by atoms with van der Waals surface area (Å²) in [5.74, 6) is 0.364. The van der Waals surface area contributed by atoms with E-state index in [1.165, 1.54) is 6.39 Å². The zero-order valence-corrected chi connectivity index (χ0v) is 6.68. The summed E-state index contributed by atoms with van der Waals surface area (Å²) in [6, 6.07) is 7.06. The van der Waals surface area contributed by atoms with Crippen molar-refractivity contribution in [2.75, 3.05) is 0 Å². The third-order valence-electron chi connectivity index (χ3n) is 1.68. The summed E-state index contributed by atoms with van der Waals surface area (Å²) in [5, 5.41) is 7.26. The van der Waals surface area contributed by atoms with Gasteiger partial charge in [0, 0.05) is 11.1 Å². The van der Waals surface area contributed by atoms with E-state index in [0.717, 1.165) is 6.29 Å². The van der Waals surface area contributed by atoms with E-state index in [1.54, 1.807) is 18.2 Å². The van der Waals surface area contributed by atoms with Crippen molar-refractivity contribution in [1.29, 1.82) is 0 Å². The number of nitrogens with zero attached hydrogens (tertiary/aromatic N) is 2. The molecule has 2 aromatic rings. The van der Waals surface area contributed by atoms with Crippen molar-refractivity contribution in [1.82, 2.24) is 10.2 Å². The van der Waals surface area contributed by atoms with Gasteiger partial charge >= 0.3 is 0 Å². The molecule has 2 rings (SSSR count). The molecule has 13 heavy (non-hydrogen) atoms. The molecular weight excluding hydrogens is 168 g/mol. The molecule has 0 amide bonds. The molecule has 0 N–H and O–H groups in total. The highest BCUT2D eigenvalue weighted by Crippen LogP contribution is 2.19. The lowest BCUT2D eigenvalue weighted by atomic mass is 10.1. The highest BCUT2D eigenvalue weighted by atomic mass is 16.4. The van der Waals surface area contributed by atoms with Gasteiger partial charge in [0.2, 0.25) is 12.3 Å². The van der Waals surface area contributed by atoms with Crippen molar-refractivity contribution in [3.63, 3.8) is 0 Å². The van der Waals surface area contributed by atoms with Gasteiger partial charge in [-0.15, -0.1) is 10.2 Å². The Morgan fingerprint density at radius 1 is 1.31 bits per heavy atom. The lowest BCUT2D eigenvalue weighted by Gasteiger charge is -1.96. The molecule has 0 aliphatic heterocycles. The third-order valence-corrected chi connectivity index (χ3v) is 1.68. The average Bonchev–Trinajstić information content (AvgIpc) is 2.70. The number of aromatic nitrogens is 2. The minimum Gasteiger partial charge on any atom is -0.423 e. The quantitative estimate of drug-likeness (QED) is 0.648. The Labute approximate surface area is 74.2 Å². The van der Waals surface area contributed by atoms with E-state index in [0.29, 0.717) is 17.0 Å². The van der Waals surface area contributed by atoms with Crippen molar-refractivity contribution < 1.29 is 9.21 Å². The van der Waals surface area contributed by atoms with Crippen LogP contribution >= 0.6 is 0 Å². The van der Waals surface area contributed by atoms with Crippen molar-refractivity contribution in [2.24, 2.45) is 0 Å². The number of carbonyl (C=O) groups is 1. The Balaban J connectivity index is 2.57. The van der Waals surface area contributed by atoms with E-state index < -0.39 is 0 Å². The van der Waals surface area contributed by atoms with Gasteiger partial charge in [0.25, 0.3) is 0 Å². The molecule has 0 aliphatic rings. The first-order chi connectivity index (χ1) is 6.42. The molecule has 0 fully saturated rings. The minimum absolute atomic E-state index is 0.364. The van der Waals surface area contributed by atoms with Crippen molar-refractivity contribution in [3.8, 4) is 11.5 Å². The summed E-state index contributed by atoms with van der Waals surface area (Å²) in [7, 11) is 0. The summed E-state index contributed by atoms with van der Waals surface area (Å²) in [6.07, 6.45) is 2.00. The maximum absolute atomic E-state index is 10.6. The lowest BCUT2D eigenvalue weighted by Crippen LogP contribution is -1.86. The predicted molar refractivity (Wildman–Crippen MR) is 45.1 cm³/mol. The van der Waals surface area contributed by atoms with Gasteiger partial charge < -0.3 is 4.42 Å². The summed E-state index contributed by atoms with van der Waals surface area (Å²) in [6.45, 7) is 0. The second kappa shape index (κ2) is 3.18. The second-order valence-corrected chi connectivity index (χ2v) is 2.45. The van der Waals surface area contributed by atoms with Gasteiger partial charge in [-0.25, -0.2) is 0 Å². The molecule has 0 aliphatic carbocycles. The maximum atomic E-state index is 10.6. The fourth-order valence-corrected chi connectivity index (χ4v) is 1.08. The Morgan fingerprint density at radius 2 is 2.15 bits per heavy atom. The Morgan fingerprint density at radius 3 is 2.85 bits per heavy atom. The fourth-order valence-electron chi connectivity index (χ4n) is 1.08. The monoisotopic (exact) mass is 174 g/mol. The van der Waals surface area contributed by atoms with Crippen LogP contribution in [-0.2, 0) is 0 Å². The summed E-state index contributed by atoms with van der Waals surface area (Å²) >= 11 is 0. The molecule has 0 bridgehead atoms. The predicted octanol–water partition coefficient (Wildman–Crippen LogP) is 1.55. The summed E-state index contributed by atoms with van der Waals surface area (Å²) in [5.41, 5.74) is 1.21. The first-order valence-electron chi connectivity index (χ1n) is 3.72. The van der Waals surface area contributed by atoms with E-state index in [9.17, 15) is 4.79 Å². The molecule has 4 heteroatoms. The van der Waals surface area contributed by atoms with Gasteiger partial charge in [-0.3, -0.25) is 4.79 Å². The SMILES string of the molecule is O=Cc1ccccc1-c1nnco1. The normalized spacial score (nSPS) is 9.85. The minimum atomic E-state index is 0.364. The number of hydrogen-bond donors (Lipinski definition) is 0. The van der Waals surface area contributed by atoms with Gasteiger partial charge in [-0.1, -0.05) is 18.2 Å². The zero-order chi connectivity index (χ0) is 9.10. The van der Waals surface area contributed by atoms with Crippen LogP contribution in [0.2, 0.25) is 0 Å². The number of benzene rings is 1. The molecule has 0 spiro atoms. The molecule has 1 aromatic heterocycles. The topological polar surface area (TPSA) is 56.0 Å². The van der Waals surface area contributed by atoms with Gasteiger partial charge in [0.1, 0.15) is 0 Å². The molecule has 0 saturated heterocycles. The Bertz CT molecular complexity index is 409. The number of rotatable bonds is 2. The number of carbonyl (C=O) groups excluding carboxylic acids is 1. The molecule has 4 nitrogen and oxygen atoms in total. The third kappa shape index (κ3) is 1.33. The van der Waals surface area contributed by atoms with Crippen LogP contribution < -0.4 is 0 Å².